The molecule has 1 atom stereocenters. The fraction of sp³-hybridized carbons (Fsp3) is 0.0714. The molecule has 4 nitrogen and oxygen atoms in total. The predicted octanol–water partition coefficient (Wildman–Crippen LogP) is 3.82. The maximum atomic E-state index is 11.0. The van der Waals surface area contributed by atoms with Crippen molar-refractivity contribution in [1.29, 1.82) is 0 Å². The van der Waals surface area contributed by atoms with E-state index < -0.39 is 12.0 Å². The van der Waals surface area contributed by atoms with Gasteiger partial charge in [0, 0.05) is 11.3 Å². The molecule has 104 valence electrons. The molecule has 0 radical (unpaired) electrons. The van der Waals surface area contributed by atoms with E-state index in [1.807, 2.05) is 0 Å². The summed E-state index contributed by atoms with van der Waals surface area (Å²) in [6.45, 7) is 0. The molecule has 4 N–H and O–H groups in total. The van der Waals surface area contributed by atoms with Crippen molar-refractivity contribution in [3.05, 3.63) is 58.1 Å². The van der Waals surface area contributed by atoms with Crippen LogP contribution < -0.4 is 11.1 Å². The van der Waals surface area contributed by atoms with Gasteiger partial charge in [0.05, 0.1) is 15.7 Å². The quantitative estimate of drug-likeness (QED) is 0.802. The van der Waals surface area contributed by atoms with Crippen LogP contribution in [0.25, 0.3) is 0 Å². The number of nitrogens with one attached hydrogen (secondary N) is 1. The molecule has 0 aliphatic carbocycles. The SMILES string of the molecule is NC(C(=O)O)c1ccccc1Nc1c(Cl)cccc1Cl. The van der Waals surface area contributed by atoms with E-state index in [0.29, 0.717) is 27.0 Å². The molecular weight excluding hydrogens is 299 g/mol. The van der Waals surface area contributed by atoms with Crippen LogP contribution in [0.3, 0.4) is 0 Å². The van der Waals surface area contributed by atoms with Gasteiger partial charge < -0.3 is 16.2 Å². The van der Waals surface area contributed by atoms with Crippen molar-refractivity contribution in [2.75, 3.05) is 5.32 Å². The van der Waals surface area contributed by atoms with Gasteiger partial charge in [-0.2, -0.15) is 0 Å². The number of halogens is 2. The third-order valence-corrected chi connectivity index (χ3v) is 3.41. The molecule has 0 aromatic heterocycles. The normalized spacial score (nSPS) is 11.9. The lowest BCUT2D eigenvalue weighted by Gasteiger charge is -2.16. The minimum absolute atomic E-state index is 0.441. The Morgan fingerprint density at radius 1 is 1.10 bits per heavy atom. The van der Waals surface area contributed by atoms with E-state index in [2.05, 4.69) is 5.32 Å². The van der Waals surface area contributed by atoms with E-state index in [0.717, 1.165) is 0 Å². The summed E-state index contributed by atoms with van der Waals surface area (Å²) in [7, 11) is 0. The van der Waals surface area contributed by atoms with Gasteiger partial charge in [-0.25, -0.2) is 0 Å². The second-order valence-electron chi connectivity index (χ2n) is 4.12. The average molecular weight is 311 g/mol. The van der Waals surface area contributed by atoms with E-state index in [1.165, 1.54) is 0 Å². The topological polar surface area (TPSA) is 75.4 Å². The van der Waals surface area contributed by atoms with Gasteiger partial charge in [0.1, 0.15) is 6.04 Å². The first-order chi connectivity index (χ1) is 9.50. The highest BCUT2D eigenvalue weighted by Gasteiger charge is 2.18. The largest absolute Gasteiger partial charge is 0.480 e. The Balaban J connectivity index is 2.42. The van der Waals surface area contributed by atoms with E-state index in [9.17, 15) is 4.79 Å². The van der Waals surface area contributed by atoms with Crippen LogP contribution in [0, 0.1) is 0 Å². The number of carboxylic acid groups (broad SMARTS) is 1. The Morgan fingerprint density at radius 2 is 1.70 bits per heavy atom. The van der Waals surface area contributed by atoms with Gasteiger partial charge in [-0.3, -0.25) is 4.79 Å². The molecule has 2 rings (SSSR count). The van der Waals surface area contributed by atoms with Gasteiger partial charge in [0.25, 0.3) is 0 Å². The summed E-state index contributed by atoms with van der Waals surface area (Å²) < 4.78 is 0. The van der Waals surface area contributed by atoms with Gasteiger partial charge in [0.2, 0.25) is 0 Å². The number of hydrogen-bond donors (Lipinski definition) is 3. The monoisotopic (exact) mass is 310 g/mol. The molecule has 6 heteroatoms. The van der Waals surface area contributed by atoms with Crippen LogP contribution in [0.2, 0.25) is 10.0 Å². The van der Waals surface area contributed by atoms with Crippen LogP contribution >= 0.6 is 23.2 Å². The Morgan fingerprint density at radius 3 is 2.30 bits per heavy atom. The second kappa shape index (κ2) is 6.13. The van der Waals surface area contributed by atoms with Crippen molar-refractivity contribution in [3.8, 4) is 0 Å². The zero-order valence-corrected chi connectivity index (χ0v) is 11.8. The smallest absolute Gasteiger partial charge is 0.325 e. The molecule has 2 aromatic carbocycles. The minimum Gasteiger partial charge on any atom is -0.480 e. The van der Waals surface area contributed by atoms with Crippen LogP contribution in [0.5, 0.6) is 0 Å². The Kier molecular flexibility index (Phi) is 4.49. The highest BCUT2D eigenvalue weighted by atomic mass is 35.5. The summed E-state index contributed by atoms with van der Waals surface area (Å²) in [5.74, 6) is -1.11. The molecule has 0 fully saturated rings. The maximum absolute atomic E-state index is 11.0. The number of nitrogens with two attached hydrogens (primary N) is 1. The molecule has 0 heterocycles. The number of para-hydroxylation sites is 2. The van der Waals surface area contributed by atoms with Crippen LogP contribution in [-0.2, 0) is 4.79 Å². The lowest BCUT2D eigenvalue weighted by molar-refractivity contribution is -0.138. The standard InChI is InChI=1S/C14H12Cl2N2O2/c15-9-5-3-6-10(16)13(9)18-11-7-2-1-4-8(11)12(17)14(19)20/h1-7,12,18H,17H2,(H,19,20). The van der Waals surface area contributed by atoms with E-state index >= 15 is 0 Å². The highest BCUT2D eigenvalue weighted by Crippen LogP contribution is 2.34. The number of carboxylic acids is 1. The molecule has 2 aromatic rings. The van der Waals surface area contributed by atoms with Crippen LogP contribution in [0.4, 0.5) is 11.4 Å². The summed E-state index contributed by atoms with van der Waals surface area (Å²) in [5, 5.41) is 12.9. The van der Waals surface area contributed by atoms with Gasteiger partial charge in [-0.05, 0) is 18.2 Å². The fourth-order valence-corrected chi connectivity index (χ4v) is 2.26. The molecule has 20 heavy (non-hydrogen) atoms. The summed E-state index contributed by atoms with van der Waals surface area (Å²) in [6, 6.07) is 10.8. The first-order valence-corrected chi connectivity index (χ1v) is 6.54. The van der Waals surface area contributed by atoms with E-state index in [1.54, 1.807) is 42.5 Å². The molecule has 0 aliphatic heterocycles. The van der Waals surface area contributed by atoms with E-state index in [-0.39, 0.29) is 0 Å². The third-order valence-electron chi connectivity index (χ3n) is 2.78. The molecule has 0 saturated carbocycles. The molecule has 0 bridgehead atoms. The summed E-state index contributed by atoms with van der Waals surface area (Å²) in [5.41, 5.74) is 7.19. The van der Waals surface area contributed by atoms with Gasteiger partial charge in [0.15, 0.2) is 0 Å². The Hall–Kier alpha value is -1.75. The lowest BCUT2D eigenvalue weighted by Crippen LogP contribution is -2.21. The van der Waals surface area contributed by atoms with Gasteiger partial charge in [-0.15, -0.1) is 0 Å². The zero-order chi connectivity index (χ0) is 14.7. The number of anilines is 2. The van der Waals surface area contributed by atoms with Gasteiger partial charge in [-0.1, -0.05) is 47.5 Å². The highest BCUT2D eigenvalue weighted by molar-refractivity contribution is 6.39. The number of rotatable bonds is 4. The van der Waals surface area contributed by atoms with Crippen molar-refractivity contribution < 1.29 is 9.90 Å². The second-order valence-corrected chi connectivity index (χ2v) is 4.94. The Labute approximate surface area is 126 Å². The van der Waals surface area contributed by atoms with Crippen LogP contribution in [0.1, 0.15) is 11.6 Å². The first-order valence-electron chi connectivity index (χ1n) is 5.79. The number of carbonyl (C=O) groups is 1. The minimum atomic E-state index is -1.13. The number of benzene rings is 2. The maximum Gasteiger partial charge on any atom is 0.325 e. The molecule has 0 amide bonds. The third kappa shape index (κ3) is 3.04. The summed E-state index contributed by atoms with van der Waals surface area (Å²) >= 11 is 12.2. The van der Waals surface area contributed by atoms with Crippen molar-refractivity contribution in [2.24, 2.45) is 5.73 Å². The fourth-order valence-electron chi connectivity index (χ4n) is 1.77. The Bertz CT molecular complexity index is 627. The van der Waals surface area contributed by atoms with Crippen molar-refractivity contribution in [2.45, 2.75) is 6.04 Å². The van der Waals surface area contributed by atoms with Crippen LogP contribution in [0.15, 0.2) is 42.5 Å². The lowest BCUT2D eigenvalue weighted by atomic mass is 10.1. The number of hydrogen-bond acceptors (Lipinski definition) is 3. The van der Waals surface area contributed by atoms with Gasteiger partial charge >= 0.3 is 5.97 Å². The molecule has 1 unspecified atom stereocenters. The first kappa shape index (κ1) is 14.7. The van der Waals surface area contributed by atoms with Crippen LogP contribution in [-0.4, -0.2) is 11.1 Å². The van der Waals surface area contributed by atoms with Crippen molar-refractivity contribution in [1.82, 2.24) is 0 Å². The van der Waals surface area contributed by atoms with E-state index in [4.69, 9.17) is 34.0 Å². The molecule has 0 spiro atoms. The summed E-state index contributed by atoms with van der Waals surface area (Å²) in [6.07, 6.45) is 0. The van der Waals surface area contributed by atoms with Crippen molar-refractivity contribution >= 4 is 40.5 Å². The number of aliphatic carboxylic acids is 1. The molecule has 0 saturated heterocycles. The summed E-state index contributed by atoms with van der Waals surface area (Å²) in [4.78, 5) is 11.0. The predicted molar refractivity (Wildman–Crippen MR) is 80.8 cm³/mol. The average Bonchev–Trinajstić information content (AvgIpc) is 2.42. The van der Waals surface area contributed by atoms with Crippen molar-refractivity contribution in [3.63, 3.8) is 0 Å². The molecule has 0 aliphatic rings. The zero-order valence-electron chi connectivity index (χ0n) is 10.3. The molecular formula is C14H12Cl2N2O2.